The van der Waals surface area contributed by atoms with Gasteiger partial charge in [-0.1, -0.05) is 72.8 Å². The maximum atomic E-state index is 12.2. The minimum Gasteiger partial charge on any atom is -0.548 e. The van der Waals surface area contributed by atoms with Gasteiger partial charge in [0.2, 0.25) is 0 Å². The summed E-state index contributed by atoms with van der Waals surface area (Å²) < 4.78 is 15.5. The summed E-state index contributed by atoms with van der Waals surface area (Å²) in [6.07, 6.45) is 4.24. The van der Waals surface area contributed by atoms with E-state index in [9.17, 15) is 44.1 Å². The Bertz CT molecular complexity index is 2340. The second-order valence-electron chi connectivity index (χ2n) is 13.7. The zero-order valence-corrected chi connectivity index (χ0v) is 33.9. The number of pyridine rings is 3. The molecule has 3 unspecified atom stereocenters. The number of fused-ring (bicyclic) bond motifs is 3. The van der Waals surface area contributed by atoms with E-state index < -0.39 is 52.1 Å². The van der Waals surface area contributed by atoms with Gasteiger partial charge in [-0.05, 0) is 71.3 Å². The number of rotatable bonds is 6. The van der Waals surface area contributed by atoms with Crippen LogP contribution >= 0.6 is 0 Å². The first-order chi connectivity index (χ1) is 28.9. The van der Waals surface area contributed by atoms with E-state index in [0.717, 1.165) is 0 Å². The standard InChI is InChI=1S/3C15H11NO4.Ir/c3*17-13(18)15(12-7-3-4-8-16-12)9-10-5-1-2-6-11(10)20-14(15)19;/h3*1-8H,9H2,(H,17,18);/q;;;+3/p-3. The third-order valence-corrected chi connectivity index (χ3v) is 10.3. The number of aliphatic carboxylic acids is 3. The van der Waals surface area contributed by atoms with Gasteiger partial charge in [-0.3, -0.25) is 29.3 Å². The summed E-state index contributed by atoms with van der Waals surface area (Å²) in [5, 5.41) is 34.9. The van der Waals surface area contributed by atoms with E-state index in [-0.39, 0.29) is 56.4 Å². The summed E-state index contributed by atoms with van der Waals surface area (Å²) in [5.41, 5.74) is -3.38. The van der Waals surface area contributed by atoms with Crippen molar-refractivity contribution in [2.75, 3.05) is 0 Å². The summed E-state index contributed by atoms with van der Waals surface area (Å²) in [6, 6.07) is 34.8. The third kappa shape index (κ3) is 7.89. The molecule has 16 heteroatoms. The van der Waals surface area contributed by atoms with Crippen molar-refractivity contribution in [1.29, 1.82) is 0 Å². The van der Waals surface area contributed by atoms with Gasteiger partial charge in [0.1, 0.15) is 17.2 Å². The van der Waals surface area contributed by atoms with Crippen molar-refractivity contribution in [3.63, 3.8) is 0 Å². The smallest absolute Gasteiger partial charge is 0.548 e. The van der Waals surface area contributed by atoms with Gasteiger partial charge in [0.25, 0.3) is 0 Å². The molecule has 0 amide bonds. The van der Waals surface area contributed by atoms with Crippen LogP contribution in [-0.2, 0) is 84.4 Å². The summed E-state index contributed by atoms with van der Waals surface area (Å²) in [6.45, 7) is 0. The first-order valence-electron chi connectivity index (χ1n) is 18.2. The second-order valence-corrected chi connectivity index (χ2v) is 13.7. The molecular formula is C45H30IrN3O12. The summed E-state index contributed by atoms with van der Waals surface area (Å²) >= 11 is 0. The Morgan fingerprint density at radius 3 is 0.885 bits per heavy atom. The molecule has 0 saturated heterocycles. The Morgan fingerprint density at radius 2 is 0.656 bits per heavy atom. The molecule has 0 spiro atoms. The van der Waals surface area contributed by atoms with Crippen LogP contribution in [0.2, 0.25) is 0 Å². The van der Waals surface area contributed by atoms with E-state index in [2.05, 4.69) is 15.0 Å². The Hall–Kier alpha value is -7.42. The number of carbonyl (C=O) groups is 6. The molecule has 6 heterocycles. The summed E-state index contributed by atoms with van der Waals surface area (Å²) in [7, 11) is 0. The van der Waals surface area contributed by atoms with Crippen molar-refractivity contribution < 1.29 is 78.4 Å². The Balaban J connectivity index is 0.000000152. The molecule has 3 aliphatic rings. The summed E-state index contributed by atoms with van der Waals surface area (Å²) in [4.78, 5) is 83.6. The zero-order valence-electron chi connectivity index (χ0n) is 31.6. The fraction of sp³-hybridized carbons (Fsp3) is 0.133. The van der Waals surface area contributed by atoms with Crippen LogP contribution in [0.5, 0.6) is 17.2 Å². The maximum absolute atomic E-state index is 12.2. The van der Waals surface area contributed by atoms with Crippen LogP contribution in [0.25, 0.3) is 0 Å². The Morgan fingerprint density at radius 1 is 0.410 bits per heavy atom. The quantitative estimate of drug-likeness (QED) is 0.127. The molecule has 0 N–H and O–H groups in total. The molecule has 0 radical (unpaired) electrons. The molecule has 3 atom stereocenters. The molecule has 9 rings (SSSR count). The van der Waals surface area contributed by atoms with E-state index in [0.29, 0.717) is 33.9 Å². The molecule has 3 aromatic carbocycles. The number of hydrogen-bond acceptors (Lipinski definition) is 15. The predicted octanol–water partition coefficient (Wildman–Crippen LogP) is 0.691. The topological polar surface area (TPSA) is 238 Å². The van der Waals surface area contributed by atoms with Gasteiger partial charge in [-0.15, -0.1) is 0 Å². The molecule has 15 nitrogen and oxygen atoms in total. The van der Waals surface area contributed by atoms with Gasteiger partial charge in [0.05, 0.1) is 35.0 Å². The zero-order chi connectivity index (χ0) is 42.5. The van der Waals surface area contributed by atoms with Gasteiger partial charge in [-0.25, -0.2) is 0 Å². The first kappa shape index (κ1) is 43.2. The monoisotopic (exact) mass is 997 g/mol. The molecule has 0 bridgehead atoms. The van der Waals surface area contributed by atoms with E-state index in [1.165, 1.54) is 36.8 Å². The van der Waals surface area contributed by atoms with Gasteiger partial charge in [-0.2, -0.15) is 0 Å². The van der Waals surface area contributed by atoms with E-state index >= 15 is 0 Å². The molecule has 0 saturated carbocycles. The number of ether oxygens (including phenoxy) is 3. The number of aromatic nitrogens is 3. The SMILES string of the molecule is O=C([O-])C1(c2ccccn2)Cc2ccccc2OC1=O.O=C([O-])C1(c2ccccn2)Cc2ccccc2OC1=O.O=C([O-])C1(c2ccccn2)Cc2ccccc2OC1=O.[Ir+3]. The molecule has 306 valence electrons. The number of para-hydroxylation sites is 3. The van der Waals surface area contributed by atoms with Crippen LogP contribution in [0.4, 0.5) is 0 Å². The Kier molecular flexibility index (Phi) is 12.6. The maximum Gasteiger partial charge on any atom is 3.00 e. The number of carbonyl (C=O) groups excluding carboxylic acids is 6. The average Bonchev–Trinajstić information content (AvgIpc) is 3.26. The molecule has 3 aliphatic heterocycles. The van der Waals surface area contributed by atoms with Gasteiger partial charge >= 0.3 is 38.0 Å². The predicted molar refractivity (Wildman–Crippen MR) is 200 cm³/mol. The van der Waals surface area contributed by atoms with Crippen molar-refractivity contribution >= 4 is 35.8 Å². The molecule has 0 aliphatic carbocycles. The van der Waals surface area contributed by atoms with Gasteiger partial charge < -0.3 is 43.9 Å². The minimum atomic E-state index is -1.89. The summed E-state index contributed by atoms with van der Waals surface area (Å²) in [5.74, 6) is -5.97. The van der Waals surface area contributed by atoms with Crippen molar-refractivity contribution in [2.45, 2.75) is 35.5 Å². The number of carboxylic acids is 3. The van der Waals surface area contributed by atoms with Crippen LogP contribution in [0, 0.1) is 0 Å². The van der Waals surface area contributed by atoms with Crippen LogP contribution in [0.15, 0.2) is 146 Å². The molecule has 0 fully saturated rings. The van der Waals surface area contributed by atoms with Crippen LogP contribution < -0.4 is 29.5 Å². The normalized spacial score (nSPS) is 20.6. The van der Waals surface area contributed by atoms with Crippen LogP contribution in [0.3, 0.4) is 0 Å². The number of esters is 3. The van der Waals surface area contributed by atoms with E-state index in [4.69, 9.17) is 14.2 Å². The molecular weight excluding hydrogens is 967 g/mol. The number of nitrogens with zero attached hydrogens (tertiary/aromatic N) is 3. The third-order valence-electron chi connectivity index (χ3n) is 10.3. The first-order valence-corrected chi connectivity index (χ1v) is 18.2. The fourth-order valence-corrected chi connectivity index (χ4v) is 7.09. The second kappa shape index (κ2) is 17.8. The van der Waals surface area contributed by atoms with Gasteiger partial charge in [0.15, 0.2) is 16.2 Å². The average molecular weight is 997 g/mol. The van der Waals surface area contributed by atoms with E-state index in [1.54, 1.807) is 109 Å². The minimum absolute atomic E-state index is 0. The number of hydrogen-bond donors (Lipinski definition) is 0. The van der Waals surface area contributed by atoms with Crippen molar-refractivity contribution in [1.82, 2.24) is 15.0 Å². The van der Waals surface area contributed by atoms with Crippen molar-refractivity contribution in [3.05, 3.63) is 180 Å². The van der Waals surface area contributed by atoms with Gasteiger partial charge in [0, 0.05) is 37.9 Å². The van der Waals surface area contributed by atoms with E-state index in [1.807, 2.05) is 0 Å². The molecule has 6 aromatic rings. The van der Waals surface area contributed by atoms with Crippen molar-refractivity contribution in [3.8, 4) is 17.2 Å². The van der Waals surface area contributed by atoms with Crippen LogP contribution in [0.1, 0.15) is 33.8 Å². The number of benzene rings is 3. The van der Waals surface area contributed by atoms with Crippen LogP contribution in [-0.4, -0.2) is 50.8 Å². The Labute approximate surface area is 360 Å². The fourth-order valence-electron chi connectivity index (χ4n) is 7.09. The molecule has 61 heavy (non-hydrogen) atoms. The number of carboxylic acid groups (broad SMARTS) is 3. The van der Waals surface area contributed by atoms with Crippen molar-refractivity contribution in [2.24, 2.45) is 0 Å². The largest absolute Gasteiger partial charge is 3.00 e. The molecule has 3 aromatic heterocycles.